The molecule has 1 atom stereocenters. The number of carbonyl (C=O) groups excluding carboxylic acids is 1. The number of nitrogens with zero attached hydrogens (tertiary/aromatic N) is 1. The molecule has 2 saturated heterocycles. The van der Waals surface area contributed by atoms with Crippen molar-refractivity contribution in [1.82, 2.24) is 5.43 Å². The Labute approximate surface area is 142 Å². The van der Waals surface area contributed by atoms with Crippen molar-refractivity contribution >= 4 is 21.5 Å². The van der Waals surface area contributed by atoms with Crippen LogP contribution < -0.4 is 10.3 Å². The first kappa shape index (κ1) is 17.1. The molecule has 24 heavy (non-hydrogen) atoms. The fraction of sp³-hybridized carbons (Fsp3) is 0.529. The van der Waals surface area contributed by atoms with Crippen LogP contribution in [0.3, 0.4) is 0 Å². The molecule has 0 saturated carbocycles. The summed E-state index contributed by atoms with van der Waals surface area (Å²) in [5.41, 5.74) is 4.91. The number of amides is 1. The maximum absolute atomic E-state index is 12.0. The summed E-state index contributed by atoms with van der Waals surface area (Å²) in [5, 5.41) is 4.23. The van der Waals surface area contributed by atoms with Crippen molar-refractivity contribution in [3.05, 3.63) is 35.9 Å². The zero-order valence-corrected chi connectivity index (χ0v) is 14.5. The highest BCUT2D eigenvalue weighted by atomic mass is 32.2. The number of hydrazone groups is 1. The molecule has 0 bridgehead atoms. The van der Waals surface area contributed by atoms with E-state index in [1.54, 1.807) is 0 Å². The molecular weight excluding hydrogens is 326 g/mol. The van der Waals surface area contributed by atoms with Gasteiger partial charge in [0.25, 0.3) is 0 Å². The lowest BCUT2D eigenvalue weighted by molar-refractivity contribution is -0.914. The highest BCUT2D eigenvalue weighted by Gasteiger charge is 2.33. The van der Waals surface area contributed by atoms with Gasteiger partial charge in [-0.05, 0) is 6.42 Å². The predicted molar refractivity (Wildman–Crippen MR) is 92.4 cm³/mol. The third kappa shape index (κ3) is 4.64. The van der Waals surface area contributed by atoms with Gasteiger partial charge in [-0.3, -0.25) is 4.79 Å². The molecule has 2 aliphatic heterocycles. The molecule has 2 N–H and O–H groups in total. The molecule has 0 spiro atoms. The predicted octanol–water partition coefficient (Wildman–Crippen LogP) is -0.228. The van der Waals surface area contributed by atoms with Gasteiger partial charge in [-0.2, -0.15) is 5.10 Å². The van der Waals surface area contributed by atoms with Crippen molar-refractivity contribution in [3.8, 4) is 0 Å². The van der Waals surface area contributed by atoms with Crippen molar-refractivity contribution in [2.75, 3.05) is 24.6 Å². The molecule has 2 aliphatic rings. The zero-order chi connectivity index (χ0) is 17.0. The molecule has 0 aromatic heterocycles. The molecule has 0 unspecified atom stereocenters. The highest BCUT2D eigenvalue weighted by molar-refractivity contribution is 7.91. The van der Waals surface area contributed by atoms with Crippen molar-refractivity contribution in [2.24, 2.45) is 11.0 Å². The Morgan fingerprint density at radius 3 is 2.54 bits per heavy atom. The normalized spacial score (nSPS) is 26.1. The monoisotopic (exact) mass is 350 g/mol. The zero-order valence-electron chi connectivity index (χ0n) is 13.7. The summed E-state index contributed by atoms with van der Waals surface area (Å²) in [6.07, 6.45) is 2.14. The summed E-state index contributed by atoms with van der Waals surface area (Å²) < 4.78 is 22.8. The summed E-state index contributed by atoms with van der Waals surface area (Å²) in [6, 6.07) is 10.4. The van der Waals surface area contributed by atoms with Crippen LogP contribution in [-0.2, 0) is 21.2 Å². The Kier molecular flexibility index (Phi) is 5.30. The van der Waals surface area contributed by atoms with Gasteiger partial charge in [0.05, 0.1) is 30.5 Å². The lowest BCUT2D eigenvalue weighted by atomic mass is 10.1. The van der Waals surface area contributed by atoms with E-state index in [4.69, 9.17) is 0 Å². The molecule has 0 radical (unpaired) electrons. The molecule has 7 heteroatoms. The SMILES string of the molecule is O=C(NN=C1CC[NH+](Cc2ccccc2)CC1)[C@@H]1CCS(=O)(=O)C1. The van der Waals surface area contributed by atoms with Crippen LogP contribution in [0.4, 0.5) is 0 Å². The second-order valence-corrected chi connectivity index (χ2v) is 8.90. The Hall–Kier alpha value is -1.73. The third-order valence-corrected chi connectivity index (χ3v) is 6.53. The Balaban J connectivity index is 1.44. The van der Waals surface area contributed by atoms with Crippen LogP contribution in [-0.4, -0.2) is 44.6 Å². The number of carbonyl (C=O) groups is 1. The first-order valence-electron chi connectivity index (χ1n) is 8.45. The smallest absolute Gasteiger partial charge is 0.244 e. The molecule has 2 fully saturated rings. The minimum atomic E-state index is -3.03. The molecular formula is C17H24N3O3S+. The van der Waals surface area contributed by atoms with Crippen LogP contribution in [0.2, 0.25) is 0 Å². The lowest BCUT2D eigenvalue weighted by Crippen LogP contribution is -3.11. The number of rotatable bonds is 4. The Bertz CT molecular complexity index is 706. The van der Waals surface area contributed by atoms with Crippen molar-refractivity contribution in [3.63, 3.8) is 0 Å². The second-order valence-electron chi connectivity index (χ2n) is 6.67. The summed E-state index contributed by atoms with van der Waals surface area (Å²) in [7, 11) is -3.03. The maximum Gasteiger partial charge on any atom is 0.244 e. The van der Waals surface area contributed by atoms with Gasteiger partial charge < -0.3 is 4.90 Å². The summed E-state index contributed by atoms with van der Waals surface area (Å²) in [5.74, 6) is -0.635. The van der Waals surface area contributed by atoms with Gasteiger partial charge >= 0.3 is 0 Å². The standard InChI is InChI=1S/C17H23N3O3S/c21-17(15-8-11-24(22,23)13-15)19-18-16-6-9-20(10-7-16)12-14-4-2-1-3-5-14/h1-5,15H,6-13H2,(H,19,21)/p+1/t15-/m1/s1. The van der Waals surface area contributed by atoms with Crippen molar-refractivity contribution < 1.29 is 18.1 Å². The fourth-order valence-electron chi connectivity index (χ4n) is 3.29. The molecule has 130 valence electrons. The highest BCUT2D eigenvalue weighted by Crippen LogP contribution is 2.18. The van der Waals surface area contributed by atoms with Crippen LogP contribution >= 0.6 is 0 Å². The minimum Gasteiger partial charge on any atom is -0.331 e. The topological polar surface area (TPSA) is 80.0 Å². The van der Waals surface area contributed by atoms with Crippen LogP contribution in [0.15, 0.2) is 35.4 Å². The van der Waals surface area contributed by atoms with Gasteiger partial charge in [0, 0.05) is 24.1 Å². The van der Waals surface area contributed by atoms with Gasteiger partial charge in [0.15, 0.2) is 9.84 Å². The fourth-order valence-corrected chi connectivity index (χ4v) is 5.03. The van der Waals surface area contributed by atoms with E-state index in [2.05, 4.69) is 34.8 Å². The largest absolute Gasteiger partial charge is 0.331 e. The first-order chi connectivity index (χ1) is 11.5. The second kappa shape index (κ2) is 7.44. The molecule has 2 heterocycles. The molecule has 1 amide bonds. The van der Waals surface area contributed by atoms with E-state index in [1.807, 2.05) is 6.07 Å². The van der Waals surface area contributed by atoms with E-state index in [0.717, 1.165) is 38.2 Å². The van der Waals surface area contributed by atoms with Gasteiger partial charge in [-0.15, -0.1) is 0 Å². The average molecular weight is 350 g/mol. The average Bonchev–Trinajstić information content (AvgIpc) is 2.95. The molecule has 6 nitrogen and oxygen atoms in total. The molecule has 0 aliphatic carbocycles. The van der Waals surface area contributed by atoms with Crippen molar-refractivity contribution in [1.29, 1.82) is 0 Å². The quantitative estimate of drug-likeness (QED) is 0.737. The van der Waals surface area contributed by atoms with E-state index in [0.29, 0.717) is 6.42 Å². The number of quaternary nitrogens is 1. The number of hydrogen-bond acceptors (Lipinski definition) is 4. The van der Waals surface area contributed by atoms with Crippen molar-refractivity contribution in [2.45, 2.75) is 25.8 Å². The number of hydrogen-bond donors (Lipinski definition) is 2. The number of benzene rings is 1. The van der Waals surface area contributed by atoms with E-state index < -0.39 is 15.8 Å². The molecule has 3 rings (SSSR count). The minimum absolute atomic E-state index is 0.0430. The third-order valence-electron chi connectivity index (χ3n) is 4.76. The first-order valence-corrected chi connectivity index (χ1v) is 10.3. The Morgan fingerprint density at radius 1 is 1.21 bits per heavy atom. The van der Waals surface area contributed by atoms with Crippen LogP contribution in [0.25, 0.3) is 0 Å². The van der Waals surface area contributed by atoms with Gasteiger partial charge in [0.2, 0.25) is 5.91 Å². The van der Waals surface area contributed by atoms with E-state index in [1.165, 1.54) is 10.5 Å². The van der Waals surface area contributed by atoms with Gasteiger partial charge in [-0.25, -0.2) is 13.8 Å². The maximum atomic E-state index is 12.0. The van der Waals surface area contributed by atoms with Crippen LogP contribution in [0.5, 0.6) is 0 Å². The van der Waals surface area contributed by atoms with E-state index in [-0.39, 0.29) is 17.4 Å². The van der Waals surface area contributed by atoms with Crippen LogP contribution in [0.1, 0.15) is 24.8 Å². The van der Waals surface area contributed by atoms with E-state index >= 15 is 0 Å². The number of piperidine rings is 1. The molecule has 1 aromatic carbocycles. The Morgan fingerprint density at radius 2 is 1.92 bits per heavy atom. The lowest BCUT2D eigenvalue weighted by Gasteiger charge is -2.24. The number of likely N-dealkylation sites (tertiary alicyclic amines) is 1. The van der Waals surface area contributed by atoms with E-state index in [9.17, 15) is 13.2 Å². The number of nitrogens with one attached hydrogen (secondary N) is 2. The van der Waals surface area contributed by atoms with Gasteiger partial charge in [0.1, 0.15) is 6.54 Å². The summed E-state index contributed by atoms with van der Waals surface area (Å²) in [4.78, 5) is 13.5. The number of sulfone groups is 1. The summed E-state index contributed by atoms with van der Waals surface area (Å²) >= 11 is 0. The van der Waals surface area contributed by atoms with Crippen LogP contribution in [0, 0.1) is 5.92 Å². The molecule has 1 aromatic rings. The van der Waals surface area contributed by atoms with Gasteiger partial charge in [-0.1, -0.05) is 30.3 Å². The summed E-state index contributed by atoms with van der Waals surface area (Å²) in [6.45, 7) is 3.02.